The fraction of sp³-hybridized carbons (Fsp3) is 0.588. The SMILES string of the molecule is CN(Cc1ccc(N(C)C)cc1)C(=O)CN(C)C1CCS(=O)(=O)C1. The number of nitrogens with zero attached hydrogens (tertiary/aromatic N) is 3. The van der Waals surface area contributed by atoms with Gasteiger partial charge in [-0.15, -0.1) is 0 Å². The van der Waals surface area contributed by atoms with Crippen molar-refractivity contribution in [2.75, 3.05) is 51.1 Å². The lowest BCUT2D eigenvalue weighted by Gasteiger charge is -2.25. The summed E-state index contributed by atoms with van der Waals surface area (Å²) in [5, 5.41) is 0. The lowest BCUT2D eigenvalue weighted by Crippen LogP contribution is -2.41. The average Bonchev–Trinajstić information content (AvgIpc) is 2.88. The van der Waals surface area contributed by atoms with Gasteiger partial charge in [-0.1, -0.05) is 12.1 Å². The Bertz CT molecular complexity index is 671. The van der Waals surface area contributed by atoms with E-state index in [9.17, 15) is 13.2 Å². The highest BCUT2D eigenvalue weighted by Gasteiger charge is 2.31. The second kappa shape index (κ2) is 7.53. The molecule has 1 amide bonds. The fourth-order valence-corrected chi connectivity index (χ4v) is 4.65. The largest absolute Gasteiger partial charge is 0.378 e. The summed E-state index contributed by atoms with van der Waals surface area (Å²) in [4.78, 5) is 18.0. The van der Waals surface area contributed by atoms with E-state index < -0.39 is 9.84 Å². The van der Waals surface area contributed by atoms with Crippen molar-refractivity contribution in [2.45, 2.75) is 19.0 Å². The van der Waals surface area contributed by atoms with Gasteiger partial charge in [-0.25, -0.2) is 8.42 Å². The Balaban J connectivity index is 1.87. The van der Waals surface area contributed by atoms with Gasteiger partial charge in [0.2, 0.25) is 5.91 Å². The van der Waals surface area contributed by atoms with Gasteiger partial charge >= 0.3 is 0 Å². The number of sulfone groups is 1. The van der Waals surface area contributed by atoms with E-state index in [1.54, 1.807) is 11.9 Å². The van der Waals surface area contributed by atoms with E-state index in [2.05, 4.69) is 0 Å². The van der Waals surface area contributed by atoms with E-state index in [0.717, 1.165) is 11.3 Å². The molecule has 1 saturated heterocycles. The molecule has 1 aliphatic rings. The Labute approximate surface area is 145 Å². The van der Waals surface area contributed by atoms with Crippen molar-refractivity contribution in [1.82, 2.24) is 9.80 Å². The highest BCUT2D eigenvalue weighted by Crippen LogP contribution is 2.17. The first-order valence-electron chi connectivity index (χ1n) is 8.09. The Hall–Kier alpha value is -1.60. The van der Waals surface area contributed by atoms with Crippen LogP contribution in [0.3, 0.4) is 0 Å². The van der Waals surface area contributed by atoms with Crippen molar-refractivity contribution in [3.8, 4) is 0 Å². The van der Waals surface area contributed by atoms with Crippen molar-refractivity contribution < 1.29 is 13.2 Å². The molecule has 24 heavy (non-hydrogen) atoms. The summed E-state index contributed by atoms with van der Waals surface area (Å²) in [6.45, 7) is 0.788. The maximum Gasteiger partial charge on any atom is 0.236 e. The van der Waals surface area contributed by atoms with E-state index in [0.29, 0.717) is 13.0 Å². The van der Waals surface area contributed by atoms with Crippen LogP contribution in [0.1, 0.15) is 12.0 Å². The fourth-order valence-electron chi connectivity index (χ4n) is 2.85. The minimum absolute atomic E-state index is 0.00140. The topological polar surface area (TPSA) is 60.9 Å². The summed E-state index contributed by atoms with van der Waals surface area (Å²) in [5.74, 6) is 0.384. The van der Waals surface area contributed by atoms with Crippen LogP contribution in [0.5, 0.6) is 0 Å². The zero-order valence-corrected chi connectivity index (χ0v) is 15.7. The maximum absolute atomic E-state index is 12.4. The number of benzene rings is 1. The van der Waals surface area contributed by atoms with Crippen LogP contribution in [-0.2, 0) is 21.2 Å². The number of carbonyl (C=O) groups is 1. The second-order valence-corrected chi connectivity index (χ2v) is 9.01. The Morgan fingerprint density at radius 1 is 1.12 bits per heavy atom. The Morgan fingerprint density at radius 3 is 2.25 bits per heavy atom. The monoisotopic (exact) mass is 353 g/mol. The number of amides is 1. The molecule has 1 atom stereocenters. The summed E-state index contributed by atoms with van der Waals surface area (Å²) in [7, 11) is 4.65. The van der Waals surface area contributed by atoms with Crippen LogP contribution >= 0.6 is 0 Å². The van der Waals surface area contributed by atoms with Gasteiger partial charge in [-0.05, 0) is 31.2 Å². The molecule has 1 fully saturated rings. The molecule has 1 aliphatic heterocycles. The lowest BCUT2D eigenvalue weighted by atomic mass is 10.2. The standard InChI is InChI=1S/C17H27N3O3S/c1-18(2)15-7-5-14(6-8-15)11-20(4)17(21)12-19(3)16-9-10-24(22,23)13-16/h5-8,16H,9-13H2,1-4H3. The third-order valence-electron chi connectivity index (χ3n) is 4.51. The number of hydrogen-bond acceptors (Lipinski definition) is 5. The first-order chi connectivity index (χ1) is 11.2. The molecule has 1 unspecified atom stereocenters. The van der Waals surface area contributed by atoms with E-state index in [4.69, 9.17) is 0 Å². The minimum Gasteiger partial charge on any atom is -0.378 e. The molecule has 0 spiro atoms. The minimum atomic E-state index is -2.93. The highest BCUT2D eigenvalue weighted by molar-refractivity contribution is 7.91. The Kier molecular flexibility index (Phi) is 5.87. The predicted molar refractivity (Wildman–Crippen MR) is 96.9 cm³/mol. The molecule has 0 bridgehead atoms. The third-order valence-corrected chi connectivity index (χ3v) is 6.26. The second-order valence-electron chi connectivity index (χ2n) is 6.78. The van der Waals surface area contributed by atoms with Crippen LogP contribution < -0.4 is 4.90 Å². The van der Waals surface area contributed by atoms with Gasteiger partial charge in [0.1, 0.15) is 0 Å². The highest BCUT2D eigenvalue weighted by atomic mass is 32.2. The zero-order valence-electron chi connectivity index (χ0n) is 14.9. The number of anilines is 1. The summed E-state index contributed by atoms with van der Waals surface area (Å²) in [6, 6.07) is 8.05. The van der Waals surface area contributed by atoms with Crippen molar-refractivity contribution in [3.63, 3.8) is 0 Å². The molecule has 0 radical (unpaired) electrons. The molecule has 0 aromatic heterocycles. The van der Waals surface area contributed by atoms with Gasteiger partial charge < -0.3 is 9.80 Å². The molecule has 0 aliphatic carbocycles. The molecule has 1 heterocycles. The molecule has 7 heteroatoms. The predicted octanol–water partition coefficient (Wildman–Crippen LogP) is 0.830. The number of carbonyl (C=O) groups excluding carboxylic acids is 1. The summed E-state index contributed by atoms with van der Waals surface area (Å²) < 4.78 is 23.1. The van der Waals surface area contributed by atoms with Crippen LogP contribution in [0.15, 0.2) is 24.3 Å². The van der Waals surface area contributed by atoms with Crippen LogP contribution in [0.4, 0.5) is 5.69 Å². The first-order valence-corrected chi connectivity index (χ1v) is 9.91. The van der Waals surface area contributed by atoms with Gasteiger partial charge in [0.25, 0.3) is 0 Å². The molecular formula is C17H27N3O3S. The Morgan fingerprint density at radius 2 is 1.75 bits per heavy atom. The normalized spacial score (nSPS) is 19.5. The van der Waals surface area contributed by atoms with Crippen molar-refractivity contribution in [1.29, 1.82) is 0 Å². The summed E-state index contributed by atoms with van der Waals surface area (Å²) in [6.07, 6.45) is 0.613. The molecule has 1 aromatic rings. The third kappa shape index (κ3) is 4.95. The maximum atomic E-state index is 12.4. The van der Waals surface area contributed by atoms with Crippen LogP contribution in [0.2, 0.25) is 0 Å². The van der Waals surface area contributed by atoms with Crippen molar-refractivity contribution in [3.05, 3.63) is 29.8 Å². The van der Waals surface area contributed by atoms with Crippen LogP contribution in [0, 0.1) is 0 Å². The van der Waals surface area contributed by atoms with Crippen molar-refractivity contribution >= 4 is 21.4 Å². The lowest BCUT2D eigenvalue weighted by molar-refractivity contribution is -0.131. The molecule has 1 aromatic carbocycles. The smallest absolute Gasteiger partial charge is 0.236 e. The zero-order chi connectivity index (χ0) is 17.9. The van der Waals surface area contributed by atoms with Gasteiger partial charge in [0.05, 0.1) is 18.1 Å². The van der Waals surface area contributed by atoms with E-state index in [-0.39, 0.29) is 30.0 Å². The van der Waals surface area contributed by atoms with E-state index in [1.807, 2.05) is 55.2 Å². The van der Waals surface area contributed by atoms with Gasteiger partial charge in [-0.2, -0.15) is 0 Å². The van der Waals surface area contributed by atoms with Gasteiger partial charge in [0, 0.05) is 39.4 Å². The van der Waals surface area contributed by atoms with E-state index >= 15 is 0 Å². The van der Waals surface area contributed by atoms with Gasteiger partial charge in [-0.3, -0.25) is 9.69 Å². The molecule has 134 valence electrons. The van der Waals surface area contributed by atoms with E-state index in [1.165, 1.54) is 0 Å². The molecule has 0 saturated carbocycles. The molecule has 0 N–H and O–H groups in total. The van der Waals surface area contributed by atoms with Crippen LogP contribution in [-0.4, -0.2) is 76.4 Å². The molecular weight excluding hydrogens is 326 g/mol. The molecule has 6 nitrogen and oxygen atoms in total. The number of likely N-dealkylation sites (N-methyl/N-ethyl adjacent to an activating group) is 2. The van der Waals surface area contributed by atoms with Crippen molar-refractivity contribution in [2.24, 2.45) is 0 Å². The first kappa shape index (κ1) is 18.7. The summed E-state index contributed by atoms with van der Waals surface area (Å²) >= 11 is 0. The quantitative estimate of drug-likeness (QED) is 0.758. The average molecular weight is 353 g/mol. The summed E-state index contributed by atoms with van der Waals surface area (Å²) in [5.41, 5.74) is 2.19. The molecule has 2 rings (SSSR count). The van der Waals surface area contributed by atoms with Gasteiger partial charge in [0.15, 0.2) is 9.84 Å². The number of rotatable bonds is 6. The number of hydrogen-bond donors (Lipinski definition) is 0. The van der Waals surface area contributed by atoms with Crippen LogP contribution in [0.25, 0.3) is 0 Å².